The number of anilines is 1. The van der Waals surface area contributed by atoms with Crippen molar-refractivity contribution < 1.29 is 9.90 Å². The van der Waals surface area contributed by atoms with E-state index in [1.807, 2.05) is 32.0 Å². The first-order valence-electron chi connectivity index (χ1n) is 9.25. The molecule has 0 amide bonds. The maximum absolute atomic E-state index is 13.1. The molecule has 0 radical (unpaired) electrons. The zero-order chi connectivity index (χ0) is 18.4. The fourth-order valence-corrected chi connectivity index (χ4v) is 3.46. The summed E-state index contributed by atoms with van der Waals surface area (Å²) >= 11 is 0. The Balaban J connectivity index is 2.53. The summed E-state index contributed by atoms with van der Waals surface area (Å²) in [5.74, 6) is -0.0405. The molecule has 2 aromatic carbocycles. The van der Waals surface area contributed by atoms with Crippen LogP contribution in [0.25, 0.3) is 0 Å². The molecule has 0 aromatic heterocycles. The van der Waals surface area contributed by atoms with Crippen molar-refractivity contribution in [1.29, 1.82) is 0 Å². The number of hydrogen-bond acceptors (Lipinski definition) is 3. The number of hydrogen-bond donors (Lipinski definition) is 2. The number of rotatable bonds is 8. The molecule has 0 saturated carbocycles. The van der Waals surface area contributed by atoms with Gasteiger partial charge >= 0.3 is 0 Å². The van der Waals surface area contributed by atoms with Gasteiger partial charge < -0.3 is 10.8 Å². The predicted octanol–water partition coefficient (Wildman–Crippen LogP) is 5.20. The molecule has 0 bridgehead atoms. The monoisotopic (exact) mass is 339 g/mol. The van der Waals surface area contributed by atoms with Crippen LogP contribution < -0.4 is 5.73 Å². The van der Waals surface area contributed by atoms with Crippen LogP contribution in [0.15, 0.2) is 30.3 Å². The largest absolute Gasteiger partial charge is 0.505 e. The Hall–Kier alpha value is -2.29. The Kier molecular flexibility index (Phi) is 6.63. The average Bonchev–Trinajstić information content (AvgIpc) is 2.63. The molecule has 2 aromatic rings. The molecule has 0 atom stereocenters. The number of nitrogen functional groups attached to an aromatic ring is 1. The Labute approximate surface area is 150 Å². The van der Waals surface area contributed by atoms with Crippen LogP contribution in [0, 0.1) is 6.92 Å². The van der Waals surface area contributed by atoms with E-state index in [4.69, 9.17) is 5.73 Å². The Morgan fingerprint density at radius 3 is 2.32 bits per heavy atom. The van der Waals surface area contributed by atoms with Crippen LogP contribution in [0.3, 0.4) is 0 Å². The van der Waals surface area contributed by atoms with Gasteiger partial charge in [0.15, 0.2) is 5.78 Å². The van der Waals surface area contributed by atoms with Crippen LogP contribution in [0.4, 0.5) is 5.69 Å². The summed E-state index contributed by atoms with van der Waals surface area (Å²) in [6.07, 6.45) is 6.04. The van der Waals surface area contributed by atoms with Crippen LogP contribution in [-0.2, 0) is 12.8 Å². The minimum atomic E-state index is -0.107. The fourth-order valence-electron chi connectivity index (χ4n) is 3.46. The lowest BCUT2D eigenvalue weighted by atomic mass is 9.86. The summed E-state index contributed by atoms with van der Waals surface area (Å²) < 4.78 is 0. The second kappa shape index (κ2) is 8.70. The molecule has 0 fully saturated rings. The number of nitrogens with two attached hydrogens (primary N) is 1. The molecule has 0 saturated heterocycles. The molecule has 0 aliphatic carbocycles. The van der Waals surface area contributed by atoms with E-state index < -0.39 is 0 Å². The lowest BCUT2D eigenvalue weighted by molar-refractivity contribution is 0.103. The van der Waals surface area contributed by atoms with Crippen molar-refractivity contribution in [1.82, 2.24) is 0 Å². The van der Waals surface area contributed by atoms with Crippen molar-refractivity contribution in [3.8, 4) is 5.75 Å². The molecule has 0 unspecified atom stereocenters. The van der Waals surface area contributed by atoms with E-state index >= 15 is 0 Å². The van der Waals surface area contributed by atoms with E-state index in [1.54, 1.807) is 12.1 Å². The number of aromatic hydroxyl groups is 1. The normalized spacial score (nSPS) is 10.8. The highest BCUT2D eigenvalue weighted by atomic mass is 16.3. The van der Waals surface area contributed by atoms with Gasteiger partial charge in [0, 0.05) is 5.56 Å². The fraction of sp³-hybridized carbons (Fsp3) is 0.409. The number of benzene rings is 2. The highest BCUT2D eigenvalue weighted by Gasteiger charge is 2.24. The topological polar surface area (TPSA) is 63.3 Å². The molecular weight excluding hydrogens is 310 g/mol. The highest BCUT2D eigenvalue weighted by molar-refractivity contribution is 6.14. The van der Waals surface area contributed by atoms with E-state index in [0.29, 0.717) is 17.5 Å². The van der Waals surface area contributed by atoms with Gasteiger partial charge in [-0.3, -0.25) is 4.79 Å². The van der Waals surface area contributed by atoms with Gasteiger partial charge in [-0.15, -0.1) is 0 Å². The zero-order valence-electron chi connectivity index (χ0n) is 15.6. The first-order chi connectivity index (χ1) is 12.0. The second-order valence-electron chi connectivity index (χ2n) is 6.58. The van der Waals surface area contributed by atoms with Crippen LogP contribution >= 0.6 is 0 Å². The molecule has 0 aliphatic heterocycles. The van der Waals surface area contributed by atoms with Crippen molar-refractivity contribution >= 4 is 11.5 Å². The minimum Gasteiger partial charge on any atom is -0.505 e. The van der Waals surface area contributed by atoms with Gasteiger partial charge in [-0.1, -0.05) is 63.4 Å². The smallest absolute Gasteiger partial charge is 0.195 e. The SMILES string of the molecule is CCCCCCc1c(C)c(CC)c(O)c(N)c1C(=O)c1ccccc1. The first-order valence-corrected chi connectivity index (χ1v) is 9.25. The van der Waals surface area contributed by atoms with Gasteiger partial charge in [-0.25, -0.2) is 0 Å². The van der Waals surface area contributed by atoms with Gasteiger partial charge in [0.05, 0.1) is 11.3 Å². The van der Waals surface area contributed by atoms with Gasteiger partial charge in [0.1, 0.15) is 5.75 Å². The summed E-state index contributed by atoms with van der Waals surface area (Å²) in [5, 5.41) is 10.5. The standard InChI is InChI=1S/C22H29NO2/c1-4-6-7-11-14-18-15(3)17(5-2)22(25)20(23)19(18)21(24)16-12-9-8-10-13-16/h8-10,12-13,25H,4-7,11,14,23H2,1-3H3. The highest BCUT2D eigenvalue weighted by Crippen LogP contribution is 2.37. The number of phenols is 1. The maximum atomic E-state index is 13.1. The summed E-state index contributed by atoms with van der Waals surface area (Å²) in [5.41, 5.74) is 10.4. The second-order valence-corrected chi connectivity index (χ2v) is 6.58. The van der Waals surface area contributed by atoms with E-state index in [0.717, 1.165) is 36.0 Å². The van der Waals surface area contributed by atoms with Crippen molar-refractivity contribution in [2.24, 2.45) is 0 Å². The van der Waals surface area contributed by atoms with E-state index in [2.05, 4.69) is 6.92 Å². The lowest BCUT2D eigenvalue weighted by Crippen LogP contribution is -2.13. The number of ketones is 1. The summed E-state index contributed by atoms with van der Waals surface area (Å²) in [4.78, 5) is 13.1. The molecule has 3 N–H and O–H groups in total. The Bertz CT molecular complexity index is 736. The Morgan fingerprint density at radius 2 is 1.72 bits per heavy atom. The van der Waals surface area contributed by atoms with Crippen LogP contribution in [0.5, 0.6) is 5.75 Å². The van der Waals surface area contributed by atoms with Crippen molar-refractivity contribution in [3.63, 3.8) is 0 Å². The number of unbranched alkanes of at least 4 members (excludes halogenated alkanes) is 3. The third kappa shape index (κ3) is 4.04. The van der Waals surface area contributed by atoms with Crippen LogP contribution in [0.1, 0.15) is 72.1 Å². The molecule has 134 valence electrons. The molecule has 0 heterocycles. The van der Waals surface area contributed by atoms with Gasteiger partial charge in [-0.05, 0) is 42.9 Å². The van der Waals surface area contributed by atoms with Gasteiger partial charge in [0.2, 0.25) is 0 Å². The quantitative estimate of drug-likeness (QED) is 0.301. The van der Waals surface area contributed by atoms with Crippen molar-refractivity contribution in [3.05, 3.63) is 58.1 Å². The zero-order valence-corrected chi connectivity index (χ0v) is 15.6. The van der Waals surface area contributed by atoms with Crippen molar-refractivity contribution in [2.45, 2.75) is 59.3 Å². The first kappa shape index (κ1) is 19.0. The summed E-state index contributed by atoms with van der Waals surface area (Å²) in [7, 11) is 0. The van der Waals surface area contributed by atoms with E-state index in [-0.39, 0.29) is 17.2 Å². The number of carbonyl (C=O) groups is 1. The van der Waals surface area contributed by atoms with E-state index in [1.165, 1.54) is 12.8 Å². The third-order valence-electron chi connectivity index (χ3n) is 4.91. The maximum Gasteiger partial charge on any atom is 0.195 e. The molecule has 3 heteroatoms. The molecule has 0 spiro atoms. The lowest BCUT2D eigenvalue weighted by Gasteiger charge is -2.20. The minimum absolute atomic E-state index is 0.0663. The van der Waals surface area contributed by atoms with Crippen molar-refractivity contribution in [2.75, 3.05) is 5.73 Å². The molecule has 2 rings (SSSR count). The molecule has 3 nitrogen and oxygen atoms in total. The summed E-state index contributed by atoms with van der Waals surface area (Å²) in [6, 6.07) is 9.16. The van der Waals surface area contributed by atoms with E-state index in [9.17, 15) is 9.90 Å². The van der Waals surface area contributed by atoms with Gasteiger partial charge in [-0.2, -0.15) is 0 Å². The molecular formula is C22H29NO2. The molecule has 0 aliphatic rings. The van der Waals surface area contributed by atoms with Crippen LogP contribution in [0.2, 0.25) is 0 Å². The van der Waals surface area contributed by atoms with Crippen LogP contribution in [-0.4, -0.2) is 10.9 Å². The third-order valence-corrected chi connectivity index (χ3v) is 4.91. The van der Waals surface area contributed by atoms with Gasteiger partial charge in [0.25, 0.3) is 0 Å². The number of carbonyl (C=O) groups excluding carboxylic acids is 1. The average molecular weight is 339 g/mol. The summed E-state index contributed by atoms with van der Waals surface area (Å²) in [6.45, 7) is 6.18. The number of phenolic OH excluding ortho intramolecular Hbond substituents is 1. The Morgan fingerprint density at radius 1 is 1.04 bits per heavy atom. The predicted molar refractivity (Wildman–Crippen MR) is 104 cm³/mol. The molecule has 25 heavy (non-hydrogen) atoms.